The molecule has 0 aliphatic carbocycles. The van der Waals surface area contributed by atoms with Crippen LogP contribution >= 0.6 is 11.6 Å². The quantitative estimate of drug-likeness (QED) is 0.589. The molecule has 118 valence electrons. The van der Waals surface area contributed by atoms with Gasteiger partial charge in [-0.2, -0.15) is 26.3 Å². The van der Waals surface area contributed by atoms with Crippen molar-refractivity contribution in [3.05, 3.63) is 34.9 Å². The number of likely N-dealkylation sites (N-methyl/N-ethyl adjacent to an activating group) is 1. The van der Waals surface area contributed by atoms with Gasteiger partial charge in [0, 0.05) is 14.1 Å². The minimum atomic E-state index is -4.98. The molecule has 1 amide bonds. The Bertz CT molecular complexity index is 505. The second-order valence-corrected chi connectivity index (χ2v) is 4.87. The van der Waals surface area contributed by atoms with E-state index in [0.717, 1.165) is 4.90 Å². The first-order chi connectivity index (χ1) is 9.34. The molecule has 0 aliphatic rings. The summed E-state index contributed by atoms with van der Waals surface area (Å²) in [4.78, 5) is 12.6. The van der Waals surface area contributed by atoms with E-state index in [9.17, 15) is 31.1 Å². The normalized spacial score (nSPS) is 14.0. The van der Waals surface area contributed by atoms with Crippen LogP contribution in [0.3, 0.4) is 0 Å². The molecular weight excluding hydrogens is 324 g/mol. The molecule has 0 N–H and O–H groups in total. The van der Waals surface area contributed by atoms with E-state index in [0.29, 0.717) is 12.1 Å². The third-order valence-electron chi connectivity index (χ3n) is 2.56. The zero-order chi connectivity index (χ0) is 16.6. The fourth-order valence-corrected chi connectivity index (χ4v) is 1.82. The van der Waals surface area contributed by atoms with Gasteiger partial charge in [0.05, 0.1) is 11.1 Å². The number of rotatable bonds is 2. The second kappa shape index (κ2) is 5.75. The number of hydrogen-bond acceptors (Lipinski definition) is 1. The van der Waals surface area contributed by atoms with Gasteiger partial charge in [-0.1, -0.05) is 0 Å². The lowest BCUT2D eigenvalue weighted by atomic mass is 10.0. The Morgan fingerprint density at radius 2 is 1.38 bits per heavy atom. The largest absolute Gasteiger partial charge is 0.416 e. The van der Waals surface area contributed by atoms with Gasteiger partial charge in [-0.15, -0.1) is 11.6 Å². The lowest BCUT2D eigenvalue weighted by Crippen LogP contribution is -2.26. The fourth-order valence-electron chi connectivity index (χ4n) is 1.49. The predicted molar refractivity (Wildman–Crippen MR) is 63.7 cm³/mol. The molecule has 9 heteroatoms. The molecule has 0 radical (unpaired) electrons. The summed E-state index contributed by atoms with van der Waals surface area (Å²) in [5.74, 6) is -0.816. The molecule has 2 nitrogen and oxygen atoms in total. The van der Waals surface area contributed by atoms with Crippen molar-refractivity contribution in [1.82, 2.24) is 4.90 Å². The summed E-state index contributed by atoms with van der Waals surface area (Å²) in [7, 11) is 2.58. The molecule has 1 unspecified atom stereocenters. The molecule has 0 fully saturated rings. The number of carbonyl (C=O) groups is 1. The van der Waals surface area contributed by atoms with E-state index in [1.54, 1.807) is 0 Å². The standard InChI is InChI=1S/C12H10ClF6NO/c1-20(2)10(21)9(13)6-3-7(11(14,15)16)5-8(4-6)12(17,18)19/h3-5,9H,1-2H3. The maximum atomic E-state index is 12.7. The van der Waals surface area contributed by atoms with Crippen LogP contribution in [0.4, 0.5) is 26.3 Å². The smallest absolute Gasteiger partial charge is 0.347 e. The van der Waals surface area contributed by atoms with Gasteiger partial charge in [0.1, 0.15) is 5.38 Å². The minimum Gasteiger partial charge on any atom is -0.347 e. The molecule has 0 saturated heterocycles. The van der Waals surface area contributed by atoms with Crippen LogP contribution < -0.4 is 0 Å². The maximum Gasteiger partial charge on any atom is 0.416 e. The topological polar surface area (TPSA) is 20.3 Å². The Balaban J connectivity index is 3.42. The fraction of sp³-hybridized carbons (Fsp3) is 0.417. The Kier molecular flexibility index (Phi) is 4.82. The van der Waals surface area contributed by atoms with Gasteiger partial charge in [-0.05, 0) is 23.8 Å². The molecule has 1 atom stereocenters. The molecule has 1 rings (SSSR count). The zero-order valence-electron chi connectivity index (χ0n) is 10.8. The van der Waals surface area contributed by atoms with Crippen molar-refractivity contribution in [2.24, 2.45) is 0 Å². The second-order valence-electron chi connectivity index (χ2n) is 4.43. The number of benzene rings is 1. The number of amides is 1. The SMILES string of the molecule is CN(C)C(=O)C(Cl)c1cc(C(F)(F)F)cc(C(F)(F)F)c1. The zero-order valence-corrected chi connectivity index (χ0v) is 11.6. The van der Waals surface area contributed by atoms with Crippen LogP contribution in [0, 0.1) is 0 Å². The Morgan fingerprint density at radius 1 is 1.00 bits per heavy atom. The number of carbonyl (C=O) groups excluding carboxylic acids is 1. The monoisotopic (exact) mass is 333 g/mol. The van der Waals surface area contributed by atoms with E-state index in [1.165, 1.54) is 14.1 Å². The summed E-state index contributed by atoms with van der Waals surface area (Å²) in [5.41, 5.74) is -3.58. The Labute approximate surface area is 121 Å². The van der Waals surface area contributed by atoms with Crippen LogP contribution in [0.1, 0.15) is 22.1 Å². The van der Waals surface area contributed by atoms with Crippen molar-refractivity contribution in [2.75, 3.05) is 14.1 Å². The molecule has 0 saturated carbocycles. The lowest BCUT2D eigenvalue weighted by molar-refractivity contribution is -0.143. The van der Waals surface area contributed by atoms with Gasteiger partial charge in [0.15, 0.2) is 0 Å². The Hall–Kier alpha value is -1.44. The van der Waals surface area contributed by atoms with Gasteiger partial charge in [-0.25, -0.2) is 0 Å². The van der Waals surface area contributed by atoms with E-state index >= 15 is 0 Å². The first-order valence-corrected chi connectivity index (χ1v) is 5.92. The lowest BCUT2D eigenvalue weighted by Gasteiger charge is -2.18. The van der Waals surface area contributed by atoms with Gasteiger partial charge >= 0.3 is 12.4 Å². The van der Waals surface area contributed by atoms with E-state index in [4.69, 9.17) is 11.6 Å². The maximum absolute atomic E-state index is 12.7. The summed E-state index contributed by atoms with van der Waals surface area (Å²) in [6.07, 6.45) is -9.96. The molecule has 0 aliphatic heterocycles. The van der Waals surface area contributed by atoms with Crippen LogP contribution in [0.2, 0.25) is 0 Å². The molecular formula is C12H10ClF6NO. The highest BCUT2D eigenvalue weighted by atomic mass is 35.5. The molecule has 21 heavy (non-hydrogen) atoms. The first kappa shape index (κ1) is 17.6. The average Bonchev–Trinajstić information content (AvgIpc) is 2.34. The molecule has 0 spiro atoms. The number of alkyl halides is 7. The van der Waals surface area contributed by atoms with E-state index in [-0.39, 0.29) is 6.07 Å². The predicted octanol–water partition coefficient (Wildman–Crippen LogP) is 4.09. The number of hydrogen-bond donors (Lipinski definition) is 0. The average molecular weight is 334 g/mol. The molecule has 1 aromatic carbocycles. The van der Waals surface area contributed by atoms with Crippen molar-refractivity contribution < 1.29 is 31.1 Å². The van der Waals surface area contributed by atoms with Gasteiger partial charge in [0.25, 0.3) is 0 Å². The van der Waals surface area contributed by atoms with Crippen LogP contribution in [0.5, 0.6) is 0 Å². The van der Waals surface area contributed by atoms with Crippen molar-refractivity contribution in [3.8, 4) is 0 Å². The van der Waals surface area contributed by atoms with Crippen LogP contribution in [0.15, 0.2) is 18.2 Å². The van der Waals surface area contributed by atoms with Crippen molar-refractivity contribution in [2.45, 2.75) is 17.7 Å². The van der Waals surface area contributed by atoms with E-state index < -0.39 is 40.3 Å². The van der Waals surface area contributed by atoms with Crippen molar-refractivity contribution in [1.29, 1.82) is 0 Å². The van der Waals surface area contributed by atoms with Crippen molar-refractivity contribution in [3.63, 3.8) is 0 Å². The summed E-state index contributed by atoms with van der Waals surface area (Å²) < 4.78 is 75.9. The summed E-state index contributed by atoms with van der Waals surface area (Å²) in [5, 5.41) is -1.64. The number of nitrogens with zero attached hydrogens (tertiary/aromatic N) is 1. The highest BCUT2D eigenvalue weighted by Crippen LogP contribution is 2.38. The Morgan fingerprint density at radius 3 is 1.67 bits per heavy atom. The van der Waals surface area contributed by atoms with Gasteiger partial charge < -0.3 is 4.90 Å². The summed E-state index contributed by atoms with van der Waals surface area (Å²) in [6.45, 7) is 0. The van der Waals surface area contributed by atoms with Gasteiger partial charge in [-0.3, -0.25) is 4.79 Å². The number of halogens is 7. The van der Waals surface area contributed by atoms with Crippen LogP contribution in [0.25, 0.3) is 0 Å². The van der Waals surface area contributed by atoms with Crippen LogP contribution in [-0.2, 0) is 17.1 Å². The van der Waals surface area contributed by atoms with Crippen LogP contribution in [-0.4, -0.2) is 24.9 Å². The third kappa shape index (κ3) is 4.26. The molecule has 0 aromatic heterocycles. The molecule has 0 heterocycles. The highest BCUT2D eigenvalue weighted by molar-refractivity contribution is 6.30. The highest BCUT2D eigenvalue weighted by Gasteiger charge is 2.38. The minimum absolute atomic E-state index is 0.0206. The summed E-state index contributed by atoms with van der Waals surface area (Å²) >= 11 is 5.67. The van der Waals surface area contributed by atoms with E-state index in [2.05, 4.69) is 0 Å². The third-order valence-corrected chi connectivity index (χ3v) is 3.00. The first-order valence-electron chi connectivity index (χ1n) is 5.48. The molecule has 0 bridgehead atoms. The molecule has 1 aromatic rings. The van der Waals surface area contributed by atoms with E-state index in [1.807, 2.05) is 0 Å². The summed E-state index contributed by atoms with van der Waals surface area (Å²) in [6, 6.07) is 0.857. The van der Waals surface area contributed by atoms with Crippen molar-refractivity contribution >= 4 is 17.5 Å². The van der Waals surface area contributed by atoms with Gasteiger partial charge in [0.2, 0.25) is 5.91 Å².